The summed E-state index contributed by atoms with van der Waals surface area (Å²) in [5, 5.41) is 0. The second kappa shape index (κ2) is 76.4. The average Bonchev–Trinajstić information content (AvgIpc) is 3.70. The van der Waals surface area contributed by atoms with Gasteiger partial charge in [0, 0.05) is 19.4 Å². The van der Waals surface area contributed by atoms with Crippen molar-refractivity contribution in [2.24, 2.45) is 5.73 Å². The van der Waals surface area contributed by atoms with E-state index in [-0.39, 0.29) is 32.6 Å². The van der Waals surface area contributed by atoms with E-state index in [9.17, 15) is 19.0 Å². The van der Waals surface area contributed by atoms with Crippen LogP contribution >= 0.6 is 7.82 Å². The fourth-order valence-corrected chi connectivity index (χ4v) is 10.9. The SMILES string of the molecule is CC/C=C\C/C=C\C/C=C\C/C=C\C/C=C\C/C=C\C/C=C\C/C=C\C/C=C\CCCCCC(=O)OC(COC(=O)CCCCCCCCCCCCCCCCCCCCCCCCCCC/C=C\C/C=C\C/C=C\C/C=C\C/C=C\CC)COP(=O)(O)OCCN. The van der Waals surface area contributed by atoms with E-state index in [2.05, 4.69) is 184 Å². The first-order valence-corrected chi connectivity index (χ1v) is 39.1. The molecule has 0 aromatic rings. The van der Waals surface area contributed by atoms with Crippen LogP contribution in [0, 0.1) is 0 Å². The Morgan fingerprint density at radius 3 is 0.839 bits per heavy atom. The van der Waals surface area contributed by atoms with E-state index in [1.54, 1.807) is 0 Å². The molecule has 0 aliphatic carbocycles. The van der Waals surface area contributed by atoms with Crippen molar-refractivity contribution < 1.29 is 37.6 Å². The fourth-order valence-electron chi connectivity index (χ4n) is 10.1. The number of ether oxygens (including phenoxy) is 2. The number of unbranched alkanes of at least 4 members (excludes halogenated alkanes) is 28. The lowest BCUT2D eigenvalue weighted by Crippen LogP contribution is -2.29. The number of carbonyl (C=O) groups excluding carboxylic acids is 2. The third-order valence-electron chi connectivity index (χ3n) is 15.6. The summed E-state index contributed by atoms with van der Waals surface area (Å²) in [4.78, 5) is 35.4. The van der Waals surface area contributed by atoms with E-state index in [0.717, 1.165) is 128 Å². The van der Waals surface area contributed by atoms with Crippen LogP contribution < -0.4 is 5.73 Å². The highest BCUT2D eigenvalue weighted by molar-refractivity contribution is 7.47. The zero-order valence-electron chi connectivity index (χ0n) is 59.4. The predicted molar refractivity (Wildman–Crippen MR) is 403 cm³/mol. The Labute approximate surface area is 571 Å². The molecule has 0 fully saturated rings. The van der Waals surface area contributed by atoms with Crippen molar-refractivity contribution in [2.75, 3.05) is 26.4 Å². The number of nitrogens with two attached hydrogens (primary N) is 1. The second-order valence-corrected chi connectivity index (χ2v) is 25.9. The van der Waals surface area contributed by atoms with Gasteiger partial charge in [0.25, 0.3) is 0 Å². The van der Waals surface area contributed by atoms with E-state index >= 15 is 0 Å². The van der Waals surface area contributed by atoms with Crippen LogP contribution in [0.15, 0.2) is 170 Å². The summed E-state index contributed by atoms with van der Waals surface area (Å²) in [5.74, 6) is -0.867. The minimum atomic E-state index is -4.42. The maximum atomic E-state index is 12.8. The smallest absolute Gasteiger partial charge is 0.462 e. The first-order valence-electron chi connectivity index (χ1n) is 37.6. The molecular formula is C83H138NO8P. The summed E-state index contributed by atoms with van der Waals surface area (Å²) >= 11 is 0. The molecule has 0 heterocycles. The summed E-state index contributed by atoms with van der Waals surface area (Å²) < 4.78 is 33.2. The molecule has 3 N–H and O–H groups in total. The Morgan fingerprint density at radius 1 is 0.323 bits per heavy atom. The fraction of sp³-hybridized carbons (Fsp3) is 0.639. The van der Waals surface area contributed by atoms with Gasteiger partial charge in [0.1, 0.15) is 6.61 Å². The van der Waals surface area contributed by atoms with Gasteiger partial charge in [-0.05, 0) is 128 Å². The van der Waals surface area contributed by atoms with Gasteiger partial charge >= 0.3 is 19.8 Å². The summed E-state index contributed by atoms with van der Waals surface area (Å²) in [6.07, 6.45) is 113. The molecule has 528 valence electrons. The third-order valence-corrected chi connectivity index (χ3v) is 16.6. The molecule has 0 spiro atoms. The quantitative estimate of drug-likeness (QED) is 0.0264. The van der Waals surface area contributed by atoms with Crippen LogP contribution in [0.2, 0.25) is 0 Å². The van der Waals surface area contributed by atoms with Gasteiger partial charge in [-0.1, -0.05) is 338 Å². The first kappa shape index (κ1) is 88.4. The summed E-state index contributed by atoms with van der Waals surface area (Å²) in [6.45, 7) is 3.49. The zero-order valence-corrected chi connectivity index (χ0v) is 60.3. The number of phosphoric ester groups is 1. The van der Waals surface area contributed by atoms with Crippen molar-refractivity contribution in [1.82, 2.24) is 0 Å². The van der Waals surface area contributed by atoms with E-state index in [0.29, 0.717) is 6.42 Å². The minimum Gasteiger partial charge on any atom is -0.462 e. The Bertz CT molecular complexity index is 2140. The molecule has 0 aromatic heterocycles. The standard InChI is InChI=1S/C83H138NO8P/c1-3-5-7-9-11-13-15-17-19-21-23-25-27-29-31-33-35-36-37-38-39-40-41-42-43-44-46-47-49-51-53-55-57-59-61-63-65-67-69-71-73-75-82(85)89-79-81(80-91-93(87,88)90-78-77-84)92-83(86)76-74-72-70-68-66-64-62-60-58-56-54-52-50-48-45-34-32-30-28-26-24-22-20-18-16-14-12-10-8-6-4-2/h5-8,11-14,17-20,23-26,29-32,45,48,52,54,58,60,64,66,81H,3-4,9-10,15-16,21-22,27-28,33-44,46-47,49-51,53,55-57,59,61-63,65,67-80,84H2,1-2H3,(H,87,88)/b7-5-,8-6-,13-11-,14-12-,19-17-,20-18-,25-23-,26-24-,31-29-,32-30-,48-45-,54-52-,60-58-,66-64-. The highest BCUT2D eigenvalue weighted by atomic mass is 31.2. The average molecular weight is 1310 g/mol. The van der Waals surface area contributed by atoms with Crippen molar-refractivity contribution in [3.63, 3.8) is 0 Å². The zero-order chi connectivity index (χ0) is 67.2. The summed E-state index contributed by atoms with van der Waals surface area (Å²) in [5.41, 5.74) is 5.40. The maximum absolute atomic E-state index is 12.8. The van der Waals surface area contributed by atoms with Gasteiger partial charge in [-0.2, -0.15) is 0 Å². The molecule has 10 heteroatoms. The molecule has 0 radical (unpaired) electrons. The van der Waals surface area contributed by atoms with Gasteiger partial charge in [-0.15, -0.1) is 0 Å². The molecule has 0 bridgehead atoms. The van der Waals surface area contributed by atoms with Crippen molar-refractivity contribution in [1.29, 1.82) is 0 Å². The van der Waals surface area contributed by atoms with Gasteiger partial charge in [0.05, 0.1) is 13.2 Å². The molecule has 0 saturated carbocycles. The lowest BCUT2D eigenvalue weighted by molar-refractivity contribution is -0.161. The first-order chi connectivity index (χ1) is 45.8. The van der Waals surface area contributed by atoms with Crippen LogP contribution in [0.4, 0.5) is 0 Å². The maximum Gasteiger partial charge on any atom is 0.472 e. The number of hydrogen-bond acceptors (Lipinski definition) is 8. The van der Waals surface area contributed by atoms with Gasteiger partial charge < -0.3 is 20.1 Å². The third kappa shape index (κ3) is 76.3. The molecular weight excluding hydrogens is 1170 g/mol. The van der Waals surface area contributed by atoms with E-state index in [4.69, 9.17) is 24.3 Å². The van der Waals surface area contributed by atoms with Crippen LogP contribution in [-0.4, -0.2) is 49.3 Å². The number of rotatable bonds is 69. The van der Waals surface area contributed by atoms with E-state index in [1.165, 1.54) is 148 Å². The predicted octanol–water partition coefficient (Wildman–Crippen LogP) is 25.3. The summed E-state index contributed by atoms with van der Waals surface area (Å²) in [7, 11) is -4.42. The molecule has 2 unspecified atom stereocenters. The van der Waals surface area contributed by atoms with Gasteiger partial charge in [0.2, 0.25) is 0 Å². The molecule has 0 amide bonds. The largest absolute Gasteiger partial charge is 0.472 e. The molecule has 93 heavy (non-hydrogen) atoms. The van der Waals surface area contributed by atoms with Crippen LogP contribution in [0.25, 0.3) is 0 Å². The Hall–Kier alpha value is -4.63. The normalized spacial score (nSPS) is 13.9. The van der Waals surface area contributed by atoms with Crippen LogP contribution in [0.1, 0.15) is 309 Å². The number of esters is 2. The number of allylic oxidation sites excluding steroid dienone is 28. The number of phosphoric acid groups is 1. The van der Waals surface area contributed by atoms with E-state index < -0.39 is 32.5 Å². The van der Waals surface area contributed by atoms with E-state index in [1.807, 2.05) is 0 Å². The Morgan fingerprint density at radius 2 is 0.559 bits per heavy atom. The molecule has 2 atom stereocenters. The topological polar surface area (TPSA) is 134 Å². The second-order valence-electron chi connectivity index (χ2n) is 24.4. The monoisotopic (exact) mass is 1310 g/mol. The van der Waals surface area contributed by atoms with Crippen molar-refractivity contribution in [3.8, 4) is 0 Å². The lowest BCUT2D eigenvalue weighted by atomic mass is 10.0. The molecule has 0 aliphatic rings. The van der Waals surface area contributed by atoms with Crippen LogP contribution in [0.3, 0.4) is 0 Å². The highest BCUT2D eigenvalue weighted by Crippen LogP contribution is 2.43. The molecule has 0 saturated heterocycles. The van der Waals surface area contributed by atoms with Crippen LogP contribution in [-0.2, 0) is 32.7 Å². The van der Waals surface area contributed by atoms with Crippen LogP contribution in [0.5, 0.6) is 0 Å². The summed E-state index contributed by atoms with van der Waals surface area (Å²) in [6, 6.07) is 0. The van der Waals surface area contributed by atoms with Gasteiger partial charge in [0.15, 0.2) is 6.10 Å². The molecule has 0 rings (SSSR count). The Balaban J connectivity index is 3.89. The molecule has 9 nitrogen and oxygen atoms in total. The molecule has 0 aromatic carbocycles. The van der Waals surface area contributed by atoms with Crippen molar-refractivity contribution in [2.45, 2.75) is 315 Å². The Kier molecular flexibility index (Phi) is 72.6. The highest BCUT2D eigenvalue weighted by Gasteiger charge is 2.26. The van der Waals surface area contributed by atoms with Gasteiger partial charge in [-0.3, -0.25) is 18.6 Å². The van der Waals surface area contributed by atoms with Crippen molar-refractivity contribution in [3.05, 3.63) is 170 Å². The lowest BCUT2D eigenvalue weighted by Gasteiger charge is -2.19. The minimum absolute atomic E-state index is 0.0408. The molecule has 0 aliphatic heterocycles. The number of hydrogen-bond donors (Lipinski definition) is 2. The van der Waals surface area contributed by atoms with Gasteiger partial charge in [-0.25, -0.2) is 4.57 Å². The number of carbonyl (C=O) groups is 2. The van der Waals surface area contributed by atoms with Crippen molar-refractivity contribution >= 4 is 19.8 Å².